The predicted molar refractivity (Wildman–Crippen MR) is 139 cm³/mol. The number of hydrogen-bond donors (Lipinski definition) is 1. The lowest BCUT2D eigenvalue weighted by Gasteiger charge is -2.43. The van der Waals surface area contributed by atoms with E-state index in [1.807, 2.05) is 55.5 Å². The van der Waals surface area contributed by atoms with E-state index in [9.17, 15) is 9.59 Å². The number of anilines is 1. The number of furan rings is 1. The molecule has 1 N–H and O–H groups in total. The first-order chi connectivity index (χ1) is 17.3. The number of nitrogens with one attached hydrogen (secondary N) is 1. The van der Waals surface area contributed by atoms with Crippen molar-refractivity contribution < 1.29 is 14.0 Å². The Kier molecular flexibility index (Phi) is 6.00. The van der Waals surface area contributed by atoms with Gasteiger partial charge in [-0.1, -0.05) is 50.2 Å². The van der Waals surface area contributed by atoms with E-state index in [4.69, 9.17) is 4.42 Å². The molecule has 0 saturated heterocycles. The number of benzene rings is 2. The van der Waals surface area contributed by atoms with Gasteiger partial charge >= 0.3 is 0 Å². The molecule has 1 aliphatic rings. The lowest BCUT2D eigenvalue weighted by molar-refractivity contribution is -0.126. The monoisotopic (exact) mass is 482 g/mol. The van der Waals surface area contributed by atoms with Crippen molar-refractivity contribution in [3.8, 4) is 11.5 Å². The van der Waals surface area contributed by atoms with Gasteiger partial charge in [-0.15, -0.1) is 0 Å². The minimum absolute atomic E-state index is 0.209. The van der Waals surface area contributed by atoms with Crippen molar-refractivity contribution in [3.63, 3.8) is 0 Å². The average Bonchev–Trinajstić information content (AvgIpc) is 3.54. The highest BCUT2D eigenvalue weighted by Gasteiger charge is 2.49. The van der Waals surface area contributed by atoms with Gasteiger partial charge < -0.3 is 9.73 Å². The Hall–Kier alpha value is -4.13. The standard InChI is InChI=1S/C29H30N4O3/c1-19(2)21-11-13-23(14-12-21)33-27(34)25-16-24(26-10-7-15-36-26)31-32(25)18-29(33,4)28(35)30-17-22-9-6-5-8-20(22)3/h5-16,19H,17-18H2,1-4H3,(H,30,35). The highest BCUT2D eigenvalue weighted by molar-refractivity contribution is 6.12. The van der Waals surface area contributed by atoms with Crippen LogP contribution in [0.1, 0.15) is 53.9 Å². The van der Waals surface area contributed by atoms with E-state index in [0.717, 1.165) is 11.1 Å². The van der Waals surface area contributed by atoms with Crippen LogP contribution in [0.15, 0.2) is 77.4 Å². The Labute approximate surface area is 210 Å². The quantitative estimate of drug-likeness (QED) is 0.404. The van der Waals surface area contributed by atoms with Crippen LogP contribution in [-0.2, 0) is 17.9 Å². The van der Waals surface area contributed by atoms with E-state index >= 15 is 0 Å². The summed E-state index contributed by atoms with van der Waals surface area (Å²) in [6.07, 6.45) is 1.57. The maximum Gasteiger partial charge on any atom is 0.277 e. The van der Waals surface area contributed by atoms with Crippen LogP contribution in [0.5, 0.6) is 0 Å². The zero-order chi connectivity index (χ0) is 25.4. The molecule has 2 amide bonds. The maximum atomic E-state index is 13.9. The summed E-state index contributed by atoms with van der Waals surface area (Å²) in [6, 6.07) is 21.1. The number of fused-ring (bicyclic) bond motifs is 1. The van der Waals surface area contributed by atoms with Crippen molar-refractivity contribution in [2.24, 2.45) is 0 Å². The second kappa shape index (κ2) is 9.15. The Balaban J connectivity index is 1.54. The van der Waals surface area contributed by atoms with Gasteiger partial charge in [-0.05, 0) is 60.7 Å². The van der Waals surface area contributed by atoms with E-state index in [1.165, 1.54) is 5.56 Å². The molecule has 2 aromatic heterocycles. The number of aromatic nitrogens is 2. The van der Waals surface area contributed by atoms with Crippen LogP contribution in [0.3, 0.4) is 0 Å². The zero-order valence-corrected chi connectivity index (χ0v) is 21.0. The number of carbonyl (C=O) groups excluding carboxylic acids is 2. The molecular weight excluding hydrogens is 452 g/mol. The van der Waals surface area contributed by atoms with Gasteiger partial charge in [0.25, 0.3) is 5.91 Å². The molecule has 0 radical (unpaired) electrons. The molecule has 1 aliphatic heterocycles. The molecule has 36 heavy (non-hydrogen) atoms. The molecule has 4 aromatic rings. The molecule has 2 aromatic carbocycles. The second-order valence-electron chi connectivity index (χ2n) is 9.82. The summed E-state index contributed by atoms with van der Waals surface area (Å²) in [5, 5.41) is 7.69. The molecule has 1 atom stereocenters. The minimum Gasteiger partial charge on any atom is -0.463 e. The van der Waals surface area contributed by atoms with E-state index in [1.54, 1.807) is 41.0 Å². The largest absolute Gasteiger partial charge is 0.463 e. The SMILES string of the molecule is Cc1ccccc1CNC(=O)C1(C)Cn2nc(-c3ccco3)cc2C(=O)N1c1ccc(C(C)C)cc1. The maximum absolute atomic E-state index is 13.9. The van der Waals surface area contributed by atoms with Crippen LogP contribution >= 0.6 is 0 Å². The average molecular weight is 483 g/mol. The van der Waals surface area contributed by atoms with Crippen molar-refractivity contribution in [1.82, 2.24) is 15.1 Å². The smallest absolute Gasteiger partial charge is 0.277 e. The van der Waals surface area contributed by atoms with Gasteiger partial charge in [-0.2, -0.15) is 5.10 Å². The van der Waals surface area contributed by atoms with Crippen molar-refractivity contribution in [1.29, 1.82) is 0 Å². The first-order valence-corrected chi connectivity index (χ1v) is 12.2. The Morgan fingerprint density at radius 3 is 2.53 bits per heavy atom. The van der Waals surface area contributed by atoms with Crippen molar-refractivity contribution in [2.45, 2.75) is 52.2 Å². The number of hydrogen-bond acceptors (Lipinski definition) is 4. The Bertz CT molecular complexity index is 1400. The van der Waals surface area contributed by atoms with Gasteiger partial charge in [-0.25, -0.2) is 0 Å². The molecule has 0 aliphatic carbocycles. The van der Waals surface area contributed by atoms with Crippen LogP contribution < -0.4 is 10.2 Å². The van der Waals surface area contributed by atoms with Crippen molar-refractivity contribution >= 4 is 17.5 Å². The molecule has 0 saturated carbocycles. The summed E-state index contributed by atoms with van der Waals surface area (Å²) < 4.78 is 7.12. The summed E-state index contributed by atoms with van der Waals surface area (Å²) in [5.74, 6) is 0.408. The highest BCUT2D eigenvalue weighted by Crippen LogP contribution is 2.35. The Morgan fingerprint density at radius 2 is 1.86 bits per heavy atom. The minimum atomic E-state index is -1.20. The molecule has 1 unspecified atom stereocenters. The summed E-state index contributed by atoms with van der Waals surface area (Å²) >= 11 is 0. The van der Waals surface area contributed by atoms with Gasteiger partial charge in [0.05, 0.1) is 12.8 Å². The Morgan fingerprint density at radius 1 is 1.11 bits per heavy atom. The zero-order valence-electron chi connectivity index (χ0n) is 21.0. The van der Waals surface area contributed by atoms with Gasteiger partial charge in [0.15, 0.2) is 5.76 Å². The summed E-state index contributed by atoms with van der Waals surface area (Å²) in [6.45, 7) is 8.64. The molecule has 184 valence electrons. The van der Waals surface area contributed by atoms with Crippen LogP contribution in [0.25, 0.3) is 11.5 Å². The fourth-order valence-electron chi connectivity index (χ4n) is 4.71. The third-order valence-electron chi connectivity index (χ3n) is 6.93. The summed E-state index contributed by atoms with van der Waals surface area (Å²) in [4.78, 5) is 29.3. The number of nitrogens with zero attached hydrogens (tertiary/aromatic N) is 3. The molecule has 0 fully saturated rings. The summed E-state index contributed by atoms with van der Waals surface area (Å²) in [7, 11) is 0. The van der Waals surface area contributed by atoms with E-state index < -0.39 is 5.54 Å². The van der Waals surface area contributed by atoms with Crippen LogP contribution in [0.4, 0.5) is 5.69 Å². The number of amides is 2. The van der Waals surface area contributed by atoms with Gasteiger partial charge in [0, 0.05) is 18.3 Å². The number of carbonyl (C=O) groups is 2. The van der Waals surface area contributed by atoms with E-state index in [0.29, 0.717) is 35.3 Å². The highest BCUT2D eigenvalue weighted by atomic mass is 16.3. The topological polar surface area (TPSA) is 80.4 Å². The van der Waals surface area contributed by atoms with Crippen molar-refractivity contribution in [3.05, 3.63) is 95.4 Å². The third kappa shape index (κ3) is 4.11. The second-order valence-corrected chi connectivity index (χ2v) is 9.82. The number of aryl methyl sites for hydroxylation is 1. The van der Waals surface area contributed by atoms with Gasteiger partial charge in [-0.3, -0.25) is 19.2 Å². The summed E-state index contributed by atoms with van der Waals surface area (Å²) in [5.41, 5.74) is 3.74. The molecule has 0 bridgehead atoms. The van der Waals surface area contributed by atoms with Gasteiger partial charge in [0.1, 0.15) is 16.9 Å². The van der Waals surface area contributed by atoms with Crippen LogP contribution in [-0.4, -0.2) is 27.1 Å². The molecule has 7 nitrogen and oxygen atoms in total. The van der Waals surface area contributed by atoms with Gasteiger partial charge in [0.2, 0.25) is 5.91 Å². The fraction of sp³-hybridized carbons (Fsp3) is 0.276. The molecule has 3 heterocycles. The molecule has 0 spiro atoms. The molecular formula is C29H30N4O3. The molecule has 5 rings (SSSR count). The van der Waals surface area contributed by atoms with Crippen LogP contribution in [0, 0.1) is 6.92 Å². The fourth-order valence-corrected chi connectivity index (χ4v) is 4.71. The lowest BCUT2D eigenvalue weighted by atomic mass is 9.93. The first kappa shape index (κ1) is 23.6. The predicted octanol–water partition coefficient (Wildman–Crippen LogP) is 5.31. The normalized spacial score (nSPS) is 17.4. The molecule has 7 heteroatoms. The first-order valence-electron chi connectivity index (χ1n) is 12.2. The van der Waals surface area contributed by atoms with E-state index in [2.05, 4.69) is 24.3 Å². The van der Waals surface area contributed by atoms with Crippen molar-refractivity contribution in [2.75, 3.05) is 4.90 Å². The third-order valence-corrected chi connectivity index (χ3v) is 6.93. The lowest BCUT2D eigenvalue weighted by Crippen LogP contribution is -2.64. The van der Waals surface area contributed by atoms with E-state index in [-0.39, 0.29) is 18.4 Å². The number of rotatable bonds is 6. The van der Waals surface area contributed by atoms with Crippen LogP contribution in [0.2, 0.25) is 0 Å².